The third-order valence-corrected chi connectivity index (χ3v) is 2.50. The van der Waals surface area contributed by atoms with Gasteiger partial charge in [-0.1, -0.05) is 13.3 Å². The topological polar surface area (TPSA) is 47.6 Å². The van der Waals surface area contributed by atoms with Crippen LogP contribution in [0.25, 0.3) is 0 Å². The predicted octanol–water partition coefficient (Wildman–Crippen LogP) is 2.27. The van der Waals surface area contributed by atoms with Crippen molar-refractivity contribution in [1.82, 2.24) is 5.32 Å². The van der Waals surface area contributed by atoms with Gasteiger partial charge in [-0.25, -0.2) is 9.18 Å². The van der Waals surface area contributed by atoms with Crippen LogP contribution in [0.1, 0.15) is 25.3 Å². The first-order valence-corrected chi connectivity index (χ1v) is 6.38. The second-order valence-electron chi connectivity index (χ2n) is 4.15. The molecule has 0 aliphatic heterocycles. The highest BCUT2D eigenvalue weighted by atomic mass is 19.1. The molecule has 0 fully saturated rings. The number of nitrogens with one attached hydrogen (secondary N) is 1. The lowest BCUT2D eigenvalue weighted by molar-refractivity contribution is -0.146. The van der Waals surface area contributed by atoms with Gasteiger partial charge in [0, 0.05) is 12.1 Å². The molecule has 1 aromatic carbocycles. The van der Waals surface area contributed by atoms with E-state index in [4.69, 9.17) is 9.47 Å². The summed E-state index contributed by atoms with van der Waals surface area (Å²) < 4.78 is 23.4. The number of hydrogen-bond donors (Lipinski definition) is 1. The summed E-state index contributed by atoms with van der Waals surface area (Å²) in [6.07, 6.45) is 1.81. The summed E-state index contributed by atoms with van der Waals surface area (Å²) in [6, 6.07) is 4.20. The van der Waals surface area contributed by atoms with Crippen LogP contribution >= 0.6 is 0 Å². The molecule has 4 nitrogen and oxygen atoms in total. The van der Waals surface area contributed by atoms with Gasteiger partial charge in [0.1, 0.15) is 11.6 Å². The molecule has 0 bridgehead atoms. The Kier molecular flexibility index (Phi) is 6.89. The first-order valence-electron chi connectivity index (χ1n) is 6.38. The van der Waals surface area contributed by atoms with E-state index in [0.717, 1.165) is 12.8 Å². The van der Waals surface area contributed by atoms with Gasteiger partial charge in [0.05, 0.1) is 6.61 Å². The van der Waals surface area contributed by atoms with E-state index in [9.17, 15) is 9.18 Å². The molecule has 1 rings (SSSR count). The van der Waals surface area contributed by atoms with Gasteiger partial charge in [-0.15, -0.1) is 0 Å². The molecule has 0 radical (unpaired) electrons. The van der Waals surface area contributed by atoms with Gasteiger partial charge in [0.15, 0.2) is 6.61 Å². The summed E-state index contributed by atoms with van der Waals surface area (Å²) in [7, 11) is 1.76. The average Bonchev–Trinajstić information content (AvgIpc) is 2.38. The maximum Gasteiger partial charge on any atom is 0.344 e. The Balaban J connectivity index is 2.50. The fourth-order valence-electron chi connectivity index (χ4n) is 1.53. The summed E-state index contributed by atoms with van der Waals surface area (Å²) in [5, 5.41) is 2.92. The van der Waals surface area contributed by atoms with Crippen molar-refractivity contribution >= 4 is 5.97 Å². The van der Waals surface area contributed by atoms with Crippen LogP contribution in [0, 0.1) is 5.82 Å². The monoisotopic (exact) mass is 269 g/mol. The molecule has 5 heteroatoms. The van der Waals surface area contributed by atoms with Gasteiger partial charge in [0.25, 0.3) is 0 Å². The second-order valence-corrected chi connectivity index (χ2v) is 4.15. The molecule has 0 heterocycles. The minimum Gasteiger partial charge on any atom is -0.482 e. The van der Waals surface area contributed by atoms with Gasteiger partial charge in [-0.3, -0.25) is 0 Å². The molecule has 106 valence electrons. The third-order valence-electron chi connectivity index (χ3n) is 2.50. The lowest BCUT2D eigenvalue weighted by Gasteiger charge is -2.11. The number of benzene rings is 1. The van der Waals surface area contributed by atoms with E-state index in [1.165, 1.54) is 18.2 Å². The fourth-order valence-corrected chi connectivity index (χ4v) is 1.53. The van der Waals surface area contributed by atoms with Gasteiger partial charge < -0.3 is 14.8 Å². The maximum absolute atomic E-state index is 13.1. The Morgan fingerprint density at radius 1 is 1.42 bits per heavy atom. The molecule has 0 aromatic heterocycles. The second kappa shape index (κ2) is 8.48. The molecule has 1 N–H and O–H groups in total. The van der Waals surface area contributed by atoms with Crippen molar-refractivity contribution < 1.29 is 18.7 Å². The van der Waals surface area contributed by atoms with Crippen molar-refractivity contribution in [3.05, 3.63) is 29.6 Å². The number of hydrogen-bond acceptors (Lipinski definition) is 4. The molecule has 1 aromatic rings. The highest BCUT2D eigenvalue weighted by Crippen LogP contribution is 2.19. The fraction of sp³-hybridized carbons (Fsp3) is 0.500. The number of carbonyl (C=O) groups is 1. The van der Waals surface area contributed by atoms with Crippen molar-refractivity contribution in [2.75, 3.05) is 20.3 Å². The molecular formula is C14H20FNO3. The Hall–Kier alpha value is -1.62. The van der Waals surface area contributed by atoms with Crippen molar-refractivity contribution in [2.45, 2.75) is 26.3 Å². The third kappa shape index (κ3) is 5.70. The Morgan fingerprint density at radius 3 is 2.89 bits per heavy atom. The standard InChI is InChI=1S/C14H20FNO3/c1-3-4-7-18-14(17)10-19-13-6-5-12(15)8-11(13)9-16-2/h5-6,8,16H,3-4,7,9-10H2,1-2H3. The summed E-state index contributed by atoms with van der Waals surface area (Å²) in [5.74, 6) is -0.250. The van der Waals surface area contributed by atoms with E-state index in [1.54, 1.807) is 7.05 Å². The Morgan fingerprint density at radius 2 is 2.21 bits per heavy atom. The lowest BCUT2D eigenvalue weighted by Crippen LogP contribution is -2.17. The number of esters is 1. The first-order chi connectivity index (χ1) is 9.17. The van der Waals surface area contributed by atoms with Crippen LogP contribution < -0.4 is 10.1 Å². The average molecular weight is 269 g/mol. The van der Waals surface area contributed by atoms with E-state index in [-0.39, 0.29) is 12.4 Å². The number of unbranched alkanes of at least 4 members (excludes halogenated alkanes) is 1. The lowest BCUT2D eigenvalue weighted by atomic mass is 10.2. The van der Waals surface area contributed by atoms with E-state index in [2.05, 4.69) is 5.32 Å². The zero-order valence-corrected chi connectivity index (χ0v) is 11.4. The predicted molar refractivity (Wildman–Crippen MR) is 70.5 cm³/mol. The normalized spacial score (nSPS) is 10.3. The molecule has 0 saturated carbocycles. The van der Waals surface area contributed by atoms with Crippen molar-refractivity contribution in [1.29, 1.82) is 0 Å². The van der Waals surface area contributed by atoms with Crippen LogP contribution in [0.3, 0.4) is 0 Å². The van der Waals surface area contributed by atoms with Gasteiger partial charge in [-0.05, 0) is 31.7 Å². The van der Waals surface area contributed by atoms with Crippen LogP contribution in [-0.4, -0.2) is 26.2 Å². The summed E-state index contributed by atoms with van der Waals surface area (Å²) in [4.78, 5) is 11.4. The van der Waals surface area contributed by atoms with Crippen molar-refractivity contribution in [2.24, 2.45) is 0 Å². The van der Waals surface area contributed by atoms with E-state index < -0.39 is 5.97 Å². The maximum atomic E-state index is 13.1. The largest absolute Gasteiger partial charge is 0.482 e. The summed E-state index contributed by atoms with van der Waals surface area (Å²) >= 11 is 0. The summed E-state index contributed by atoms with van der Waals surface area (Å²) in [6.45, 7) is 2.74. The molecule has 0 saturated heterocycles. The van der Waals surface area contributed by atoms with Crippen molar-refractivity contribution in [3.8, 4) is 5.75 Å². The van der Waals surface area contributed by atoms with Crippen molar-refractivity contribution in [3.63, 3.8) is 0 Å². The van der Waals surface area contributed by atoms with Gasteiger partial charge in [0.2, 0.25) is 0 Å². The molecular weight excluding hydrogens is 249 g/mol. The zero-order chi connectivity index (χ0) is 14.1. The molecule has 19 heavy (non-hydrogen) atoms. The molecule has 0 aliphatic rings. The van der Waals surface area contributed by atoms with Crippen LogP contribution in [0.4, 0.5) is 4.39 Å². The highest BCUT2D eigenvalue weighted by molar-refractivity contribution is 5.71. The van der Waals surface area contributed by atoms with E-state index in [0.29, 0.717) is 24.5 Å². The van der Waals surface area contributed by atoms with Crippen LogP contribution in [0.15, 0.2) is 18.2 Å². The number of ether oxygens (including phenoxy) is 2. The molecule has 0 amide bonds. The van der Waals surface area contributed by atoms with Gasteiger partial charge in [-0.2, -0.15) is 0 Å². The molecule has 0 aliphatic carbocycles. The zero-order valence-electron chi connectivity index (χ0n) is 11.4. The SMILES string of the molecule is CCCCOC(=O)COc1ccc(F)cc1CNC. The molecule has 0 unspecified atom stereocenters. The number of carbonyl (C=O) groups excluding carboxylic acids is 1. The van der Waals surface area contributed by atoms with Gasteiger partial charge >= 0.3 is 5.97 Å². The Bertz CT molecular complexity index is 410. The van der Waals surface area contributed by atoms with E-state index in [1.807, 2.05) is 6.92 Å². The quantitative estimate of drug-likeness (QED) is 0.581. The number of halogens is 1. The van der Waals surface area contributed by atoms with Crippen LogP contribution in [-0.2, 0) is 16.1 Å². The first kappa shape index (κ1) is 15.4. The summed E-state index contributed by atoms with van der Waals surface area (Å²) in [5.41, 5.74) is 0.670. The van der Waals surface area contributed by atoms with E-state index >= 15 is 0 Å². The molecule has 0 atom stereocenters. The number of rotatable bonds is 8. The highest BCUT2D eigenvalue weighted by Gasteiger charge is 2.08. The molecule has 0 spiro atoms. The minimum atomic E-state index is -0.409. The van der Waals surface area contributed by atoms with Crippen LogP contribution in [0.5, 0.6) is 5.75 Å². The smallest absolute Gasteiger partial charge is 0.344 e. The minimum absolute atomic E-state index is 0.161. The Labute approximate surface area is 112 Å². The van der Waals surface area contributed by atoms with Crippen LogP contribution in [0.2, 0.25) is 0 Å².